The van der Waals surface area contributed by atoms with Gasteiger partial charge in [0.25, 0.3) is 0 Å². The van der Waals surface area contributed by atoms with Crippen LogP contribution in [-0.4, -0.2) is 28.8 Å². The summed E-state index contributed by atoms with van der Waals surface area (Å²) in [7, 11) is 0. The first kappa shape index (κ1) is 20.9. The highest BCUT2D eigenvalue weighted by atomic mass is 35.5. The van der Waals surface area contributed by atoms with Crippen molar-refractivity contribution in [2.45, 2.75) is 12.8 Å². The fraction of sp³-hybridized carbons (Fsp3) is 0.176. The molecule has 4 N–H and O–H groups in total. The van der Waals surface area contributed by atoms with E-state index in [-0.39, 0.29) is 22.8 Å². The number of ketones is 1. The monoisotopic (exact) mass is 396 g/mol. The Bertz CT molecular complexity index is 828. The van der Waals surface area contributed by atoms with E-state index >= 15 is 0 Å². The number of hydrogen-bond donors (Lipinski definition) is 4. The average molecular weight is 397 g/mol. The molecule has 0 bridgehead atoms. The van der Waals surface area contributed by atoms with Crippen molar-refractivity contribution in [2.75, 3.05) is 6.61 Å². The van der Waals surface area contributed by atoms with Crippen LogP contribution in [0.15, 0.2) is 42.5 Å². The Labute approximate surface area is 159 Å². The Hall–Kier alpha value is -2.37. The van der Waals surface area contributed by atoms with E-state index in [2.05, 4.69) is 0 Å². The van der Waals surface area contributed by atoms with Gasteiger partial charge >= 0.3 is 5.97 Å². The van der Waals surface area contributed by atoms with Crippen LogP contribution in [0.5, 0.6) is 0 Å². The third-order valence-electron chi connectivity index (χ3n) is 3.75. The van der Waals surface area contributed by atoms with E-state index < -0.39 is 39.5 Å². The van der Waals surface area contributed by atoms with Crippen molar-refractivity contribution < 1.29 is 35.2 Å². The zero-order valence-electron chi connectivity index (χ0n) is 14.1. The van der Waals surface area contributed by atoms with Crippen molar-refractivity contribution in [3.8, 4) is 0 Å². The predicted molar refractivity (Wildman–Crippen MR) is 93.2 cm³/mol. The van der Waals surface area contributed by atoms with Gasteiger partial charge < -0.3 is 15.2 Å². The number of rotatable bonds is 7. The lowest BCUT2D eigenvalue weighted by Gasteiger charge is -2.23. The van der Waals surface area contributed by atoms with E-state index in [0.717, 1.165) is 12.1 Å². The van der Waals surface area contributed by atoms with Crippen molar-refractivity contribution in [1.82, 2.24) is 0 Å². The van der Waals surface area contributed by atoms with Crippen molar-refractivity contribution in [1.29, 1.82) is 0 Å². The van der Waals surface area contributed by atoms with Gasteiger partial charge in [0.1, 0.15) is 5.02 Å². The largest absolute Gasteiger partial charge is 0.595 e. The van der Waals surface area contributed by atoms with Crippen LogP contribution in [0.3, 0.4) is 0 Å². The molecule has 0 spiro atoms. The predicted octanol–water partition coefficient (Wildman–Crippen LogP) is 0.676. The lowest BCUT2D eigenvalue weighted by molar-refractivity contribution is -0.996. The second-order valence-corrected chi connectivity index (χ2v) is 5.85. The summed E-state index contributed by atoms with van der Waals surface area (Å²) in [6.45, 7) is 1.52. The summed E-state index contributed by atoms with van der Waals surface area (Å²) in [5, 5.41) is 38.3. The van der Waals surface area contributed by atoms with Crippen LogP contribution >= 0.6 is 11.6 Å². The molecule has 10 heteroatoms. The highest BCUT2D eigenvalue weighted by Gasteiger charge is 2.36. The summed E-state index contributed by atoms with van der Waals surface area (Å²) >= 11 is 5.94. The smallest absolute Gasteiger partial charge is 0.321 e. The Morgan fingerprint density at radius 2 is 1.70 bits per heavy atom. The van der Waals surface area contributed by atoms with Crippen molar-refractivity contribution in [2.24, 2.45) is 0 Å². The molecule has 0 saturated heterocycles. The Morgan fingerprint density at radius 1 is 1.11 bits per heavy atom. The molecule has 0 aromatic heterocycles. The third kappa shape index (κ3) is 4.67. The first-order chi connectivity index (χ1) is 12.8. The standard InChI is InChI=1S/C17H17ClN2O7/c1-2-27-17(22)15(16(21)10-6-4-3-5-7-10)11-8-12(18)14(20(25)26)9-13(11)19(23)24/h3-9,15,19-20,23,25H,2H2,1H3. The van der Waals surface area contributed by atoms with Gasteiger partial charge in [0.2, 0.25) is 0 Å². The second-order valence-electron chi connectivity index (χ2n) is 5.44. The summed E-state index contributed by atoms with van der Waals surface area (Å²) in [5.74, 6) is -3.23. The highest BCUT2D eigenvalue weighted by Crippen LogP contribution is 2.33. The quantitative estimate of drug-likeness (QED) is 0.233. The zero-order valence-corrected chi connectivity index (χ0v) is 14.9. The number of benzene rings is 2. The maximum atomic E-state index is 12.9. The molecule has 0 aliphatic rings. The lowest BCUT2D eigenvalue weighted by Crippen LogP contribution is -3.01. The number of halogens is 1. The van der Waals surface area contributed by atoms with Gasteiger partial charge in [-0.3, -0.25) is 9.59 Å². The van der Waals surface area contributed by atoms with E-state index in [1.54, 1.807) is 25.1 Å². The fourth-order valence-corrected chi connectivity index (χ4v) is 2.80. The molecule has 2 aromatic rings. The molecule has 144 valence electrons. The number of nitrogens with one attached hydrogen (secondary N) is 2. The molecule has 2 aromatic carbocycles. The SMILES string of the molecule is CCOC(=O)C(C(=O)c1ccccc1)c1cc(Cl)c([NH+]([O-])O)cc1[NH+]([O-])O. The molecule has 0 heterocycles. The number of carbonyl (C=O) groups excluding carboxylic acids is 2. The van der Waals surface area contributed by atoms with E-state index in [9.17, 15) is 25.2 Å². The normalized spacial score (nSPS) is 14.3. The highest BCUT2D eigenvalue weighted by molar-refractivity contribution is 6.33. The fourth-order valence-electron chi connectivity index (χ4n) is 2.55. The van der Waals surface area contributed by atoms with Crippen LogP contribution in [0, 0.1) is 10.4 Å². The summed E-state index contributed by atoms with van der Waals surface area (Å²) in [5.41, 5.74) is -1.03. The molecule has 0 radical (unpaired) electrons. The number of ether oxygens (including phenoxy) is 1. The molecule has 2 rings (SSSR count). The van der Waals surface area contributed by atoms with Crippen molar-refractivity contribution >= 4 is 34.7 Å². The summed E-state index contributed by atoms with van der Waals surface area (Å²) in [6.07, 6.45) is 0. The Balaban J connectivity index is 2.66. The van der Waals surface area contributed by atoms with E-state index in [1.165, 1.54) is 12.1 Å². The first-order valence-corrected chi connectivity index (χ1v) is 8.21. The molecule has 0 aliphatic carbocycles. The molecule has 0 saturated carbocycles. The van der Waals surface area contributed by atoms with E-state index in [1.807, 2.05) is 0 Å². The minimum atomic E-state index is -1.60. The molecular weight excluding hydrogens is 380 g/mol. The Kier molecular flexibility index (Phi) is 6.99. The second kappa shape index (κ2) is 9.02. The van der Waals surface area contributed by atoms with Crippen LogP contribution < -0.4 is 10.5 Å². The molecular formula is C17H17ClN2O7. The number of esters is 1. The maximum absolute atomic E-state index is 12.9. The van der Waals surface area contributed by atoms with Crippen molar-refractivity contribution in [3.63, 3.8) is 0 Å². The topological polar surface area (TPSA) is 139 Å². The lowest BCUT2D eigenvalue weighted by atomic mass is 9.89. The molecule has 3 unspecified atom stereocenters. The maximum Gasteiger partial charge on any atom is 0.321 e. The zero-order chi connectivity index (χ0) is 20.1. The minimum absolute atomic E-state index is 0.0270. The van der Waals surface area contributed by atoms with Crippen molar-refractivity contribution in [3.05, 3.63) is 69.0 Å². The number of carbonyl (C=O) groups is 2. The molecule has 0 fully saturated rings. The molecule has 0 amide bonds. The Morgan fingerprint density at radius 3 is 2.22 bits per heavy atom. The van der Waals surface area contributed by atoms with Crippen LogP contribution in [-0.2, 0) is 9.53 Å². The van der Waals surface area contributed by atoms with Crippen LogP contribution in [0.1, 0.15) is 28.8 Å². The summed E-state index contributed by atoms with van der Waals surface area (Å²) < 4.78 is 4.94. The molecule has 27 heavy (non-hydrogen) atoms. The first-order valence-electron chi connectivity index (χ1n) is 7.83. The van der Waals surface area contributed by atoms with Gasteiger partial charge in [-0.05, 0) is 13.0 Å². The van der Waals surface area contributed by atoms with E-state index in [4.69, 9.17) is 21.5 Å². The van der Waals surface area contributed by atoms with Gasteiger partial charge in [0.05, 0.1) is 12.7 Å². The molecule has 3 atom stereocenters. The average Bonchev–Trinajstić information content (AvgIpc) is 2.62. The number of quaternary nitrogens is 2. The van der Waals surface area contributed by atoms with Crippen LogP contribution in [0.2, 0.25) is 5.02 Å². The number of Topliss-reactive ketones (excluding diaryl/α,β-unsaturated/α-hetero) is 1. The van der Waals surface area contributed by atoms with Gasteiger partial charge in [-0.1, -0.05) is 41.9 Å². The third-order valence-corrected chi connectivity index (χ3v) is 4.07. The minimum Gasteiger partial charge on any atom is -0.595 e. The molecule has 9 nitrogen and oxygen atoms in total. The van der Waals surface area contributed by atoms with E-state index in [0.29, 0.717) is 0 Å². The summed E-state index contributed by atoms with van der Waals surface area (Å²) in [4.78, 5) is 25.4. The summed E-state index contributed by atoms with van der Waals surface area (Å²) in [6, 6.07) is 9.65. The van der Waals surface area contributed by atoms with Crippen LogP contribution in [0.25, 0.3) is 0 Å². The van der Waals surface area contributed by atoms with Gasteiger partial charge in [0, 0.05) is 11.1 Å². The van der Waals surface area contributed by atoms with Gasteiger partial charge in [0.15, 0.2) is 23.1 Å². The number of hydrogen-bond acceptors (Lipinski definition) is 7. The van der Waals surface area contributed by atoms with Gasteiger partial charge in [-0.25, -0.2) is 10.4 Å². The van der Waals surface area contributed by atoms with Crippen LogP contribution in [0.4, 0.5) is 11.4 Å². The molecule has 0 aliphatic heterocycles. The van der Waals surface area contributed by atoms with Gasteiger partial charge in [-0.15, -0.1) is 0 Å². The van der Waals surface area contributed by atoms with Gasteiger partial charge in [-0.2, -0.15) is 10.5 Å².